The van der Waals surface area contributed by atoms with Crippen molar-refractivity contribution in [1.82, 2.24) is 15.6 Å². The Morgan fingerprint density at radius 1 is 1.53 bits per heavy atom. The van der Waals surface area contributed by atoms with Gasteiger partial charge in [-0.25, -0.2) is 0 Å². The zero-order chi connectivity index (χ0) is 10.7. The van der Waals surface area contributed by atoms with Gasteiger partial charge in [-0.3, -0.25) is 15.1 Å². The van der Waals surface area contributed by atoms with E-state index in [1.54, 1.807) is 19.4 Å². The minimum atomic E-state index is -0.544. The first-order chi connectivity index (χ1) is 7.29. The number of amides is 1. The van der Waals surface area contributed by atoms with Crippen LogP contribution in [0, 0.1) is 0 Å². The monoisotopic (exact) mass is 205 g/mol. The van der Waals surface area contributed by atoms with Crippen molar-refractivity contribution >= 4 is 5.91 Å². The van der Waals surface area contributed by atoms with E-state index in [4.69, 9.17) is 0 Å². The van der Waals surface area contributed by atoms with Crippen LogP contribution in [0.3, 0.4) is 0 Å². The third-order valence-electron chi connectivity index (χ3n) is 2.94. The number of carbonyl (C=O) groups is 1. The van der Waals surface area contributed by atoms with E-state index in [2.05, 4.69) is 15.6 Å². The first kappa shape index (κ1) is 10.1. The summed E-state index contributed by atoms with van der Waals surface area (Å²) in [5, 5.41) is 6.02. The molecule has 0 spiro atoms. The highest BCUT2D eigenvalue weighted by Crippen LogP contribution is 2.30. The Balaban J connectivity index is 2.39. The van der Waals surface area contributed by atoms with Crippen LogP contribution in [0.25, 0.3) is 0 Å². The summed E-state index contributed by atoms with van der Waals surface area (Å²) in [5.41, 5.74) is 0.451. The highest BCUT2D eigenvalue weighted by atomic mass is 16.2. The fraction of sp³-hybridized carbons (Fsp3) is 0.455. The molecule has 1 saturated heterocycles. The molecule has 0 saturated carbocycles. The molecule has 1 aliphatic heterocycles. The predicted molar refractivity (Wildman–Crippen MR) is 57.2 cm³/mol. The number of pyridine rings is 1. The van der Waals surface area contributed by atoms with Crippen molar-refractivity contribution in [1.29, 1.82) is 0 Å². The molecular formula is C11H15N3O. The average Bonchev–Trinajstić information content (AvgIpc) is 2.79. The lowest BCUT2D eigenvalue weighted by molar-refractivity contribution is -0.127. The standard InChI is InChI=1S/C11H15N3O/c1-12-10(15)11(5-2-6-14-11)9-3-7-13-8-4-9/h3-4,7-8,14H,2,5-6H2,1H3,(H,12,15)/t11-/m0/s1. The van der Waals surface area contributed by atoms with E-state index in [9.17, 15) is 4.79 Å². The van der Waals surface area contributed by atoms with Crippen LogP contribution in [0.15, 0.2) is 24.5 Å². The number of carbonyl (C=O) groups excluding carboxylic acids is 1. The Morgan fingerprint density at radius 3 is 2.80 bits per heavy atom. The van der Waals surface area contributed by atoms with Gasteiger partial charge in [0.25, 0.3) is 0 Å². The van der Waals surface area contributed by atoms with Crippen molar-refractivity contribution < 1.29 is 4.79 Å². The summed E-state index contributed by atoms with van der Waals surface area (Å²) in [4.78, 5) is 15.9. The SMILES string of the molecule is CNC(=O)[C@@]1(c2ccncc2)CCCN1. The van der Waals surface area contributed by atoms with Gasteiger partial charge in [-0.05, 0) is 37.1 Å². The van der Waals surface area contributed by atoms with Gasteiger partial charge < -0.3 is 5.32 Å². The van der Waals surface area contributed by atoms with E-state index in [-0.39, 0.29) is 5.91 Å². The Hall–Kier alpha value is -1.42. The normalized spacial score (nSPS) is 25.1. The van der Waals surface area contributed by atoms with Gasteiger partial charge in [0.15, 0.2) is 0 Å². The van der Waals surface area contributed by atoms with Crippen molar-refractivity contribution in [3.63, 3.8) is 0 Å². The van der Waals surface area contributed by atoms with Gasteiger partial charge in [-0.15, -0.1) is 0 Å². The van der Waals surface area contributed by atoms with Crippen LogP contribution >= 0.6 is 0 Å². The Morgan fingerprint density at radius 2 is 2.27 bits per heavy atom. The van der Waals surface area contributed by atoms with Gasteiger partial charge in [0.2, 0.25) is 5.91 Å². The fourth-order valence-electron chi connectivity index (χ4n) is 2.16. The van der Waals surface area contributed by atoms with Crippen molar-refractivity contribution in [2.45, 2.75) is 18.4 Å². The highest BCUT2D eigenvalue weighted by molar-refractivity contribution is 5.87. The number of hydrogen-bond acceptors (Lipinski definition) is 3. The van der Waals surface area contributed by atoms with Gasteiger partial charge in [-0.1, -0.05) is 0 Å². The van der Waals surface area contributed by atoms with Crippen molar-refractivity contribution in [2.24, 2.45) is 0 Å². The quantitative estimate of drug-likeness (QED) is 0.735. The second-order valence-electron chi connectivity index (χ2n) is 3.75. The van der Waals surface area contributed by atoms with E-state index in [1.165, 1.54) is 0 Å². The molecule has 0 unspecified atom stereocenters. The van der Waals surface area contributed by atoms with Crippen LogP contribution in [-0.4, -0.2) is 24.5 Å². The number of nitrogens with one attached hydrogen (secondary N) is 2. The molecule has 2 rings (SSSR count). The molecule has 2 heterocycles. The molecule has 1 aliphatic rings. The van der Waals surface area contributed by atoms with Crippen LogP contribution in [0.1, 0.15) is 18.4 Å². The van der Waals surface area contributed by atoms with E-state index in [1.807, 2.05) is 12.1 Å². The third kappa shape index (κ3) is 1.61. The fourth-order valence-corrected chi connectivity index (χ4v) is 2.16. The van der Waals surface area contributed by atoms with Gasteiger partial charge >= 0.3 is 0 Å². The molecule has 80 valence electrons. The zero-order valence-electron chi connectivity index (χ0n) is 8.79. The minimum Gasteiger partial charge on any atom is -0.357 e. The molecule has 1 aromatic heterocycles. The molecule has 1 amide bonds. The predicted octanol–water partition coefficient (Wildman–Crippen LogP) is 0.406. The van der Waals surface area contributed by atoms with Crippen LogP contribution in [0.2, 0.25) is 0 Å². The maximum Gasteiger partial charge on any atom is 0.244 e. The Bertz CT molecular complexity index is 344. The summed E-state index contributed by atoms with van der Waals surface area (Å²) in [6, 6.07) is 3.79. The average molecular weight is 205 g/mol. The van der Waals surface area contributed by atoms with Crippen LogP contribution in [0.5, 0.6) is 0 Å². The maximum atomic E-state index is 11.9. The number of nitrogens with zero attached hydrogens (tertiary/aromatic N) is 1. The molecule has 0 bridgehead atoms. The molecule has 1 atom stereocenters. The lowest BCUT2D eigenvalue weighted by Gasteiger charge is -2.27. The second kappa shape index (κ2) is 3.98. The highest BCUT2D eigenvalue weighted by Gasteiger charge is 2.41. The summed E-state index contributed by atoms with van der Waals surface area (Å²) in [7, 11) is 1.67. The summed E-state index contributed by atoms with van der Waals surface area (Å²) >= 11 is 0. The third-order valence-corrected chi connectivity index (χ3v) is 2.94. The van der Waals surface area contributed by atoms with Gasteiger partial charge in [0.1, 0.15) is 5.54 Å². The molecule has 4 nitrogen and oxygen atoms in total. The molecule has 15 heavy (non-hydrogen) atoms. The lowest BCUT2D eigenvalue weighted by Crippen LogP contribution is -2.49. The Kier molecular flexibility index (Phi) is 2.68. The van der Waals surface area contributed by atoms with E-state index in [0.717, 1.165) is 24.9 Å². The summed E-state index contributed by atoms with van der Waals surface area (Å²) < 4.78 is 0. The zero-order valence-corrected chi connectivity index (χ0v) is 8.79. The molecule has 0 aliphatic carbocycles. The van der Waals surface area contributed by atoms with Gasteiger partial charge in [0.05, 0.1) is 0 Å². The van der Waals surface area contributed by atoms with E-state index < -0.39 is 5.54 Å². The molecular weight excluding hydrogens is 190 g/mol. The van der Waals surface area contributed by atoms with Crippen LogP contribution in [0.4, 0.5) is 0 Å². The minimum absolute atomic E-state index is 0.0335. The smallest absolute Gasteiger partial charge is 0.244 e. The first-order valence-electron chi connectivity index (χ1n) is 5.17. The largest absolute Gasteiger partial charge is 0.357 e. The first-order valence-corrected chi connectivity index (χ1v) is 5.17. The van der Waals surface area contributed by atoms with E-state index in [0.29, 0.717) is 0 Å². The van der Waals surface area contributed by atoms with Crippen molar-refractivity contribution in [3.05, 3.63) is 30.1 Å². The summed E-state index contributed by atoms with van der Waals surface area (Å²) in [6.45, 7) is 0.885. The number of likely N-dealkylation sites (N-methyl/N-ethyl adjacent to an activating group) is 1. The molecule has 4 heteroatoms. The second-order valence-corrected chi connectivity index (χ2v) is 3.75. The summed E-state index contributed by atoms with van der Waals surface area (Å²) in [6.07, 6.45) is 5.31. The van der Waals surface area contributed by atoms with Gasteiger partial charge in [-0.2, -0.15) is 0 Å². The molecule has 2 N–H and O–H groups in total. The molecule has 1 aromatic rings. The van der Waals surface area contributed by atoms with Crippen molar-refractivity contribution in [2.75, 3.05) is 13.6 Å². The van der Waals surface area contributed by atoms with Crippen LogP contribution in [-0.2, 0) is 10.3 Å². The molecule has 0 aromatic carbocycles. The molecule has 1 fully saturated rings. The number of hydrogen-bond donors (Lipinski definition) is 2. The number of aromatic nitrogens is 1. The Labute approximate surface area is 89.1 Å². The van der Waals surface area contributed by atoms with Gasteiger partial charge in [0, 0.05) is 19.4 Å². The number of rotatable bonds is 2. The summed E-state index contributed by atoms with van der Waals surface area (Å²) in [5.74, 6) is 0.0335. The maximum absolute atomic E-state index is 11.9. The van der Waals surface area contributed by atoms with Crippen molar-refractivity contribution in [3.8, 4) is 0 Å². The van der Waals surface area contributed by atoms with Crippen LogP contribution < -0.4 is 10.6 Å². The lowest BCUT2D eigenvalue weighted by atomic mass is 9.88. The molecule has 0 radical (unpaired) electrons. The topological polar surface area (TPSA) is 54.0 Å². The van der Waals surface area contributed by atoms with E-state index >= 15 is 0 Å².